The molecule has 3 rings (SSSR count). The highest BCUT2D eigenvalue weighted by atomic mass is 32.2. The fourth-order valence-corrected chi connectivity index (χ4v) is 5.44. The molecule has 1 saturated heterocycles. The number of morpholine rings is 1. The predicted octanol–water partition coefficient (Wildman–Crippen LogP) is 2.39. The third-order valence-corrected chi connectivity index (χ3v) is 7.11. The number of esters is 1. The van der Waals surface area contributed by atoms with Gasteiger partial charge in [-0.25, -0.2) is 13.2 Å². The lowest BCUT2D eigenvalue weighted by Gasteiger charge is -2.34. The zero-order valence-corrected chi connectivity index (χ0v) is 19.9. The molecule has 3 unspecified atom stereocenters. The summed E-state index contributed by atoms with van der Waals surface area (Å²) in [7, 11) is -3.80. The van der Waals surface area contributed by atoms with Gasteiger partial charge in [-0.05, 0) is 44.5 Å². The van der Waals surface area contributed by atoms with Crippen LogP contribution >= 0.6 is 0 Å². The van der Waals surface area contributed by atoms with E-state index in [0.717, 1.165) is 5.56 Å². The maximum Gasteiger partial charge on any atom is 0.328 e. The van der Waals surface area contributed by atoms with Gasteiger partial charge < -0.3 is 14.8 Å². The summed E-state index contributed by atoms with van der Waals surface area (Å²) in [5.74, 6) is -1.10. The molecule has 3 atom stereocenters. The average Bonchev–Trinajstić information content (AvgIpc) is 2.79. The standard InChI is InChI=1S/C24H30N2O6S/c1-4-31-24(28)22(13-19-9-6-5-7-10-19)25-23(27)20-11-8-12-21(14-20)33(29,30)26-15-17(2)32-18(3)16-26/h5-12,14,17-18,22H,4,13,15-16H2,1-3H3,(H,25,27). The third kappa shape index (κ3) is 6.40. The number of nitrogens with zero attached hydrogens (tertiary/aromatic N) is 1. The first kappa shape index (κ1) is 24.9. The maximum absolute atomic E-state index is 13.2. The SMILES string of the molecule is CCOC(=O)C(Cc1ccccc1)NC(=O)c1cccc(S(=O)(=O)N2CC(C)OC(C)C2)c1. The van der Waals surface area contributed by atoms with Crippen LogP contribution in [-0.2, 0) is 30.7 Å². The number of hydrogen-bond donors (Lipinski definition) is 1. The van der Waals surface area contributed by atoms with Crippen molar-refractivity contribution in [1.82, 2.24) is 9.62 Å². The van der Waals surface area contributed by atoms with Crippen molar-refractivity contribution in [2.24, 2.45) is 0 Å². The lowest BCUT2D eigenvalue weighted by atomic mass is 10.1. The molecule has 2 aromatic carbocycles. The number of nitrogens with one attached hydrogen (secondary N) is 1. The van der Waals surface area contributed by atoms with E-state index in [0.29, 0.717) is 0 Å². The first-order valence-corrected chi connectivity index (χ1v) is 12.4. The van der Waals surface area contributed by atoms with Crippen molar-refractivity contribution in [2.75, 3.05) is 19.7 Å². The van der Waals surface area contributed by atoms with Crippen LogP contribution in [0, 0.1) is 0 Å². The molecule has 0 spiro atoms. The predicted molar refractivity (Wildman–Crippen MR) is 123 cm³/mol. The van der Waals surface area contributed by atoms with Crippen molar-refractivity contribution >= 4 is 21.9 Å². The van der Waals surface area contributed by atoms with Crippen LogP contribution in [-0.4, -0.2) is 62.5 Å². The Morgan fingerprint density at radius 2 is 1.76 bits per heavy atom. The van der Waals surface area contributed by atoms with Gasteiger partial charge in [-0.15, -0.1) is 0 Å². The molecule has 1 fully saturated rings. The number of rotatable bonds is 8. The second kappa shape index (κ2) is 10.9. The molecule has 33 heavy (non-hydrogen) atoms. The minimum absolute atomic E-state index is 0.0206. The van der Waals surface area contributed by atoms with E-state index in [9.17, 15) is 18.0 Å². The zero-order chi connectivity index (χ0) is 24.0. The van der Waals surface area contributed by atoms with E-state index in [1.807, 2.05) is 44.2 Å². The van der Waals surface area contributed by atoms with Gasteiger partial charge in [-0.2, -0.15) is 4.31 Å². The molecule has 0 saturated carbocycles. The Kier molecular flexibility index (Phi) is 8.23. The number of amides is 1. The van der Waals surface area contributed by atoms with Gasteiger partial charge in [0.25, 0.3) is 5.91 Å². The molecule has 0 aromatic heterocycles. The summed E-state index contributed by atoms with van der Waals surface area (Å²) in [5, 5.41) is 2.70. The molecule has 1 aliphatic heterocycles. The zero-order valence-electron chi connectivity index (χ0n) is 19.1. The first-order chi connectivity index (χ1) is 15.7. The highest BCUT2D eigenvalue weighted by molar-refractivity contribution is 7.89. The van der Waals surface area contributed by atoms with Crippen molar-refractivity contribution in [3.63, 3.8) is 0 Å². The Hall–Kier alpha value is -2.75. The number of ether oxygens (including phenoxy) is 2. The van der Waals surface area contributed by atoms with Crippen LogP contribution in [0.25, 0.3) is 0 Å². The second-order valence-corrected chi connectivity index (χ2v) is 10.0. The highest BCUT2D eigenvalue weighted by Crippen LogP contribution is 2.22. The fourth-order valence-electron chi connectivity index (χ4n) is 3.80. The summed E-state index contributed by atoms with van der Waals surface area (Å²) < 4.78 is 38.5. The summed E-state index contributed by atoms with van der Waals surface area (Å²) in [5.41, 5.74) is 1.01. The van der Waals surface area contributed by atoms with Crippen LogP contribution in [0.4, 0.5) is 0 Å². The van der Waals surface area contributed by atoms with Crippen molar-refractivity contribution in [1.29, 1.82) is 0 Å². The minimum atomic E-state index is -3.80. The Morgan fingerprint density at radius 1 is 1.09 bits per heavy atom. The average molecular weight is 475 g/mol. The molecule has 2 aromatic rings. The van der Waals surface area contributed by atoms with E-state index in [2.05, 4.69) is 5.32 Å². The number of hydrogen-bond acceptors (Lipinski definition) is 6. The molecule has 1 amide bonds. The van der Waals surface area contributed by atoms with Gasteiger partial charge in [-0.1, -0.05) is 36.4 Å². The van der Waals surface area contributed by atoms with Crippen LogP contribution in [0.3, 0.4) is 0 Å². The van der Waals surface area contributed by atoms with Gasteiger partial charge in [0, 0.05) is 25.1 Å². The maximum atomic E-state index is 13.2. The minimum Gasteiger partial charge on any atom is -0.464 e. The summed E-state index contributed by atoms with van der Waals surface area (Å²) >= 11 is 0. The van der Waals surface area contributed by atoms with Crippen molar-refractivity contribution in [3.05, 3.63) is 65.7 Å². The monoisotopic (exact) mass is 474 g/mol. The molecule has 0 radical (unpaired) electrons. The van der Waals surface area contributed by atoms with E-state index >= 15 is 0 Å². The summed E-state index contributed by atoms with van der Waals surface area (Å²) in [6.07, 6.45) is -0.191. The Labute approximate surface area is 194 Å². The fraction of sp³-hybridized carbons (Fsp3) is 0.417. The van der Waals surface area contributed by atoms with Crippen LogP contribution in [0.15, 0.2) is 59.5 Å². The van der Waals surface area contributed by atoms with Crippen LogP contribution in [0.5, 0.6) is 0 Å². The molecule has 1 heterocycles. The topological polar surface area (TPSA) is 102 Å². The van der Waals surface area contributed by atoms with E-state index in [1.165, 1.54) is 28.6 Å². The Bertz CT molecular complexity index is 1060. The Morgan fingerprint density at radius 3 is 2.39 bits per heavy atom. The molecule has 0 bridgehead atoms. The summed E-state index contributed by atoms with van der Waals surface area (Å²) in [6.45, 7) is 6.01. The van der Waals surface area contributed by atoms with Crippen molar-refractivity contribution in [2.45, 2.75) is 50.3 Å². The van der Waals surface area contributed by atoms with Crippen molar-refractivity contribution < 1.29 is 27.5 Å². The largest absolute Gasteiger partial charge is 0.464 e. The lowest BCUT2D eigenvalue weighted by Crippen LogP contribution is -2.48. The van der Waals surface area contributed by atoms with Gasteiger partial charge >= 0.3 is 5.97 Å². The number of sulfonamides is 1. The molecule has 1 N–H and O–H groups in total. The van der Waals surface area contributed by atoms with Crippen molar-refractivity contribution in [3.8, 4) is 0 Å². The molecular weight excluding hydrogens is 444 g/mol. The molecule has 8 nitrogen and oxygen atoms in total. The number of carbonyl (C=O) groups is 2. The second-order valence-electron chi connectivity index (χ2n) is 8.07. The number of carbonyl (C=O) groups excluding carboxylic acids is 2. The van der Waals surface area contributed by atoms with Gasteiger partial charge in [0.1, 0.15) is 6.04 Å². The molecule has 0 aliphatic carbocycles. The van der Waals surface area contributed by atoms with Crippen LogP contribution in [0.2, 0.25) is 0 Å². The summed E-state index contributed by atoms with van der Waals surface area (Å²) in [6, 6.07) is 14.2. The van der Waals surface area contributed by atoms with Crippen LogP contribution < -0.4 is 5.32 Å². The van der Waals surface area contributed by atoms with Gasteiger partial charge in [0.2, 0.25) is 10.0 Å². The first-order valence-electron chi connectivity index (χ1n) is 11.0. The quantitative estimate of drug-likeness (QED) is 0.590. The van der Waals surface area contributed by atoms with E-state index in [4.69, 9.17) is 9.47 Å². The van der Waals surface area contributed by atoms with E-state index < -0.39 is 27.9 Å². The van der Waals surface area contributed by atoms with E-state index in [1.54, 1.807) is 6.92 Å². The van der Waals surface area contributed by atoms with Gasteiger partial charge in [0.15, 0.2) is 0 Å². The normalized spacial score (nSPS) is 20.1. The Balaban J connectivity index is 1.80. The molecule has 1 aliphatic rings. The lowest BCUT2D eigenvalue weighted by molar-refractivity contribution is -0.145. The number of benzene rings is 2. The van der Waals surface area contributed by atoms with E-state index in [-0.39, 0.29) is 48.8 Å². The highest BCUT2D eigenvalue weighted by Gasteiger charge is 2.32. The van der Waals surface area contributed by atoms with Gasteiger partial charge in [-0.3, -0.25) is 4.79 Å². The smallest absolute Gasteiger partial charge is 0.328 e. The molecule has 178 valence electrons. The third-order valence-electron chi connectivity index (χ3n) is 5.28. The molecular formula is C24H30N2O6S. The summed E-state index contributed by atoms with van der Waals surface area (Å²) in [4.78, 5) is 25.4. The van der Waals surface area contributed by atoms with Crippen LogP contribution in [0.1, 0.15) is 36.7 Å². The van der Waals surface area contributed by atoms with Gasteiger partial charge in [0.05, 0.1) is 23.7 Å². The molecule has 9 heteroatoms.